The number of halogens is 2. The van der Waals surface area contributed by atoms with Crippen LogP contribution in [0.4, 0.5) is 15.9 Å². The minimum absolute atomic E-state index is 0.0531. The van der Waals surface area contributed by atoms with Crippen LogP contribution < -0.4 is 16.0 Å². The molecule has 0 atom stereocenters. The second kappa shape index (κ2) is 11.1. The number of aromatic nitrogens is 2. The standard InChI is InChI=1S/C29H27ClFN5O2/c1-32-26-21-12-11-19(15-25(21)35-27(36-26)20-8-4-5-9-24(20)31)34-29(38)22-14-17(10-13-23(22)30)16-33-28(37)18-6-2-3-7-18/h4-5,8-15,18H,2-3,6-7,16H2,1H3,(H,33,37)(H,34,38)(H,32,35,36). The number of fused-ring (bicyclic) bond motifs is 1. The molecular weight excluding hydrogens is 505 g/mol. The first-order chi connectivity index (χ1) is 18.4. The van der Waals surface area contributed by atoms with Gasteiger partial charge in [-0.2, -0.15) is 0 Å². The van der Waals surface area contributed by atoms with Crippen LogP contribution in [0, 0.1) is 11.7 Å². The summed E-state index contributed by atoms with van der Waals surface area (Å²) in [4.78, 5) is 34.5. The Labute approximate surface area is 224 Å². The van der Waals surface area contributed by atoms with Gasteiger partial charge in [0.15, 0.2) is 5.82 Å². The summed E-state index contributed by atoms with van der Waals surface area (Å²) in [6.07, 6.45) is 4.03. The monoisotopic (exact) mass is 531 g/mol. The number of carbonyl (C=O) groups is 2. The van der Waals surface area contributed by atoms with Crippen LogP contribution in [0.15, 0.2) is 60.7 Å². The molecule has 3 N–H and O–H groups in total. The Morgan fingerprint density at radius 1 is 1.03 bits per heavy atom. The van der Waals surface area contributed by atoms with Crippen molar-refractivity contribution in [1.82, 2.24) is 15.3 Å². The van der Waals surface area contributed by atoms with E-state index in [0.29, 0.717) is 34.2 Å². The maximum atomic E-state index is 14.4. The normalized spacial score (nSPS) is 13.4. The molecule has 2 amide bonds. The molecule has 5 rings (SSSR count). The van der Waals surface area contributed by atoms with E-state index in [4.69, 9.17) is 11.6 Å². The first-order valence-corrected chi connectivity index (χ1v) is 12.9. The fourth-order valence-corrected chi connectivity index (χ4v) is 4.94. The van der Waals surface area contributed by atoms with Crippen molar-refractivity contribution in [3.8, 4) is 11.4 Å². The Hall–Kier alpha value is -4.04. The Morgan fingerprint density at radius 2 is 1.82 bits per heavy atom. The van der Waals surface area contributed by atoms with Crippen LogP contribution in [-0.4, -0.2) is 28.8 Å². The lowest BCUT2D eigenvalue weighted by Gasteiger charge is -2.13. The van der Waals surface area contributed by atoms with Gasteiger partial charge >= 0.3 is 0 Å². The minimum Gasteiger partial charge on any atom is -0.373 e. The number of nitrogens with zero attached hydrogens (tertiary/aromatic N) is 2. The Kier molecular flexibility index (Phi) is 7.51. The number of carbonyl (C=O) groups excluding carboxylic acids is 2. The van der Waals surface area contributed by atoms with Crippen molar-refractivity contribution in [2.75, 3.05) is 17.7 Å². The Balaban J connectivity index is 1.37. The maximum Gasteiger partial charge on any atom is 0.257 e. The number of anilines is 2. The lowest BCUT2D eigenvalue weighted by atomic mass is 10.1. The summed E-state index contributed by atoms with van der Waals surface area (Å²) in [5.74, 6) is 0.0876. The third-order valence-electron chi connectivity index (χ3n) is 6.77. The molecular formula is C29H27ClFN5O2. The smallest absolute Gasteiger partial charge is 0.257 e. The molecule has 1 fully saturated rings. The predicted octanol–water partition coefficient (Wildman–Crippen LogP) is 6.19. The molecule has 3 aromatic carbocycles. The summed E-state index contributed by atoms with van der Waals surface area (Å²) >= 11 is 6.35. The van der Waals surface area contributed by atoms with Gasteiger partial charge in [-0.25, -0.2) is 14.4 Å². The molecule has 1 aromatic heterocycles. The van der Waals surface area contributed by atoms with Crippen molar-refractivity contribution in [2.45, 2.75) is 32.2 Å². The van der Waals surface area contributed by atoms with Crippen LogP contribution in [0.25, 0.3) is 22.3 Å². The largest absolute Gasteiger partial charge is 0.373 e. The summed E-state index contributed by atoms with van der Waals surface area (Å²) in [6.45, 7) is 0.325. The number of hydrogen-bond donors (Lipinski definition) is 3. The molecule has 1 heterocycles. The summed E-state index contributed by atoms with van der Waals surface area (Å²) in [6, 6.07) is 16.7. The fraction of sp³-hybridized carbons (Fsp3) is 0.241. The van der Waals surface area contributed by atoms with E-state index < -0.39 is 11.7 Å². The van der Waals surface area contributed by atoms with Gasteiger partial charge < -0.3 is 16.0 Å². The molecule has 0 aliphatic heterocycles. The van der Waals surface area contributed by atoms with Gasteiger partial charge in [0, 0.05) is 30.6 Å². The number of rotatable bonds is 7. The highest BCUT2D eigenvalue weighted by Gasteiger charge is 2.22. The quantitative estimate of drug-likeness (QED) is 0.264. The van der Waals surface area contributed by atoms with Crippen LogP contribution in [0.3, 0.4) is 0 Å². The molecule has 0 bridgehead atoms. The second-order valence-electron chi connectivity index (χ2n) is 9.33. The SMILES string of the molecule is CNc1nc(-c2ccccc2F)nc2cc(NC(=O)c3cc(CNC(=O)C4CCCC4)ccc3Cl)ccc12. The zero-order valence-electron chi connectivity index (χ0n) is 20.9. The summed E-state index contributed by atoms with van der Waals surface area (Å²) < 4.78 is 14.4. The molecule has 1 saturated carbocycles. The highest BCUT2D eigenvalue weighted by molar-refractivity contribution is 6.34. The van der Waals surface area contributed by atoms with Gasteiger partial charge in [-0.15, -0.1) is 0 Å². The average molecular weight is 532 g/mol. The number of benzene rings is 3. The first kappa shape index (κ1) is 25.6. The van der Waals surface area contributed by atoms with Crippen molar-refractivity contribution < 1.29 is 14.0 Å². The van der Waals surface area contributed by atoms with Gasteiger partial charge in [0.25, 0.3) is 5.91 Å². The van der Waals surface area contributed by atoms with Gasteiger partial charge in [0.1, 0.15) is 11.6 Å². The van der Waals surface area contributed by atoms with Crippen LogP contribution in [0.1, 0.15) is 41.6 Å². The maximum absolute atomic E-state index is 14.4. The van der Waals surface area contributed by atoms with Gasteiger partial charge in [-0.3, -0.25) is 9.59 Å². The highest BCUT2D eigenvalue weighted by atomic mass is 35.5. The Bertz CT molecular complexity index is 1520. The van der Waals surface area contributed by atoms with Crippen molar-refractivity contribution in [3.63, 3.8) is 0 Å². The molecule has 194 valence electrons. The van der Waals surface area contributed by atoms with Crippen LogP contribution >= 0.6 is 11.6 Å². The Morgan fingerprint density at radius 3 is 2.58 bits per heavy atom. The topological polar surface area (TPSA) is 96.0 Å². The van der Waals surface area contributed by atoms with E-state index in [-0.39, 0.29) is 23.2 Å². The number of nitrogens with one attached hydrogen (secondary N) is 3. The van der Waals surface area contributed by atoms with Crippen molar-refractivity contribution in [2.24, 2.45) is 5.92 Å². The molecule has 0 unspecified atom stereocenters. The predicted molar refractivity (Wildman–Crippen MR) is 148 cm³/mol. The van der Waals surface area contributed by atoms with E-state index in [1.54, 1.807) is 61.6 Å². The van der Waals surface area contributed by atoms with Crippen molar-refractivity contribution >= 4 is 45.8 Å². The van der Waals surface area contributed by atoms with Crippen molar-refractivity contribution in [1.29, 1.82) is 0 Å². The molecule has 4 aromatic rings. The lowest BCUT2D eigenvalue weighted by molar-refractivity contribution is -0.124. The zero-order chi connectivity index (χ0) is 26.6. The van der Waals surface area contributed by atoms with Crippen LogP contribution in [0.5, 0.6) is 0 Å². The zero-order valence-corrected chi connectivity index (χ0v) is 21.6. The summed E-state index contributed by atoms with van der Waals surface area (Å²) in [5, 5.41) is 9.90. The van der Waals surface area contributed by atoms with Gasteiger partial charge in [0.05, 0.1) is 21.7 Å². The summed E-state index contributed by atoms with van der Waals surface area (Å²) in [5.41, 5.74) is 2.40. The van der Waals surface area contributed by atoms with E-state index in [1.165, 1.54) is 6.07 Å². The molecule has 9 heteroatoms. The van der Waals surface area contributed by atoms with E-state index in [2.05, 4.69) is 25.9 Å². The molecule has 0 spiro atoms. The molecule has 1 aliphatic carbocycles. The lowest BCUT2D eigenvalue weighted by Crippen LogP contribution is -2.28. The molecule has 7 nitrogen and oxygen atoms in total. The number of hydrogen-bond acceptors (Lipinski definition) is 5. The van der Waals surface area contributed by atoms with E-state index in [0.717, 1.165) is 36.6 Å². The van der Waals surface area contributed by atoms with E-state index in [1.807, 2.05) is 0 Å². The van der Waals surface area contributed by atoms with Gasteiger partial charge in [0.2, 0.25) is 5.91 Å². The first-order valence-electron chi connectivity index (χ1n) is 12.5. The minimum atomic E-state index is -0.424. The third kappa shape index (κ3) is 5.45. The van der Waals surface area contributed by atoms with Crippen LogP contribution in [0.2, 0.25) is 5.02 Å². The van der Waals surface area contributed by atoms with Crippen LogP contribution in [-0.2, 0) is 11.3 Å². The third-order valence-corrected chi connectivity index (χ3v) is 7.10. The molecule has 0 radical (unpaired) electrons. The molecule has 1 aliphatic rings. The highest BCUT2D eigenvalue weighted by Crippen LogP contribution is 2.29. The van der Waals surface area contributed by atoms with E-state index in [9.17, 15) is 14.0 Å². The van der Waals surface area contributed by atoms with Gasteiger partial charge in [-0.05, 0) is 60.9 Å². The fourth-order valence-electron chi connectivity index (χ4n) is 4.74. The summed E-state index contributed by atoms with van der Waals surface area (Å²) in [7, 11) is 1.73. The second-order valence-corrected chi connectivity index (χ2v) is 9.73. The number of amides is 2. The molecule has 0 saturated heterocycles. The van der Waals surface area contributed by atoms with Gasteiger partial charge in [-0.1, -0.05) is 42.6 Å². The van der Waals surface area contributed by atoms with E-state index >= 15 is 0 Å². The van der Waals surface area contributed by atoms with Crippen molar-refractivity contribution in [3.05, 3.63) is 82.6 Å². The molecule has 38 heavy (non-hydrogen) atoms. The average Bonchev–Trinajstić information content (AvgIpc) is 3.47.